The van der Waals surface area contributed by atoms with Gasteiger partial charge in [-0.15, -0.1) is 0 Å². The molecule has 1 heterocycles. The van der Waals surface area contributed by atoms with Crippen LogP contribution in [0.15, 0.2) is 78.9 Å². The summed E-state index contributed by atoms with van der Waals surface area (Å²) in [6.07, 6.45) is 1.80. The Morgan fingerprint density at radius 3 is 2.34 bits per heavy atom. The summed E-state index contributed by atoms with van der Waals surface area (Å²) in [6, 6.07) is 24.4. The molecule has 3 aromatic rings. The zero-order valence-electron chi connectivity index (χ0n) is 22.1. The third kappa shape index (κ3) is 8.85. The van der Waals surface area contributed by atoms with E-state index in [0.29, 0.717) is 32.9 Å². The SMILES string of the molecule is CC(COCc1ccccc1)COc1ccc(CNC(=O)N(Cc2ccc(F)cc2)C2CCNCC2)cc1. The molecule has 1 aliphatic rings. The highest BCUT2D eigenvalue weighted by Gasteiger charge is 2.25. The molecule has 0 radical (unpaired) electrons. The van der Waals surface area contributed by atoms with E-state index in [1.54, 1.807) is 12.1 Å². The number of benzene rings is 3. The Morgan fingerprint density at radius 2 is 1.63 bits per heavy atom. The minimum absolute atomic E-state index is 0.106. The number of nitrogens with one attached hydrogen (secondary N) is 2. The van der Waals surface area contributed by atoms with Crippen LogP contribution in [0.3, 0.4) is 0 Å². The first kappa shape index (κ1) is 27.6. The molecule has 1 atom stereocenters. The first-order valence-corrected chi connectivity index (χ1v) is 13.4. The van der Waals surface area contributed by atoms with Crippen molar-refractivity contribution in [3.63, 3.8) is 0 Å². The van der Waals surface area contributed by atoms with E-state index in [0.717, 1.165) is 48.4 Å². The maximum Gasteiger partial charge on any atom is 0.318 e. The third-order valence-electron chi connectivity index (χ3n) is 6.69. The molecule has 2 N–H and O–H groups in total. The first-order chi connectivity index (χ1) is 18.6. The van der Waals surface area contributed by atoms with Crippen LogP contribution in [-0.2, 0) is 24.4 Å². The quantitative estimate of drug-likeness (QED) is 0.331. The molecule has 1 saturated heterocycles. The van der Waals surface area contributed by atoms with Crippen LogP contribution < -0.4 is 15.4 Å². The lowest BCUT2D eigenvalue weighted by Gasteiger charge is -2.35. The van der Waals surface area contributed by atoms with Gasteiger partial charge in [0.15, 0.2) is 0 Å². The molecule has 1 aliphatic heterocycles. The molecule has 3 aromatic carbocycles. The fourth-order valence-electron chi connectivity index (χ4n) is 4.49. The molecule has 7 heteroatoms. The Labute approximate surface area is 225 Å². The van der Waals surface area contributed by atoms with E-state index >= 15 is 0 Å². The predicted octanol–water partition coefficient (Wildman–Crippen LogP) is 5.52. The van der Waals surface area contributed by atoms with E-state index in [1.165, 1.54) is 12.1 Å². The van der Waals surface area contributed by atoms with Gasteiger partial charge < -0.3 is 25.0 Å². The number of halogens is 1. The summed E-state index contributed by atoms with van der Waals surface area (Å²) < 4.78 is 25.1. The second-order valence-electron chi connectivity index (χ2n) is 9.96. The van der Waals surface area contributed by atoms with Gasteiger partial charge in [-0.05, 0) is 66.9 Å². The van der Waals surface area contributed by atoms with Gasteiger partial charge in [-0.25, -0.2) is 9.18 Å². The first-order valence-electron chi connectivity index (χ1n) is 13.4. The van der Waals surface area contributed by atoms with E-state index in [9.17, 15) is 9.18 Å². The number of ether oxygens (including phenoxy) is 2. The Bertz CT molecular complexity index is 1100. The second kappa shape index (κ2) is 14.5. The van der Waals surface area contributed by atoms with Crippen molar-refractivity contribution in [1.29, 1.82) is 0 Å². The van der Waals surface area contributed by atoms with E-state index < -0.39 is 0 Å². The van der Waals surface area contributed by atoms with Crippen LogP contribution in [-0.4, -0.2) is 43.3 Å². The van der Waals surface area contributed by atoms with Crippen molar-refractivity contribution < 1.29 is 18.7 Å². The number of urea groups is 1. The van der Waals surface area contributed by atoms with E-state index in [4.69, 9.17) is 9.47 Å². The largest absolute Gasteiger partial charge is 0.493 e. The number of carbonyl (C=O) groups excluding carboxylic acids is 1. The molecule has 0 spiro atoms. The minimum Gasteiger partial charge on any atom is -0.493 e. The predicted molar refractivity (Wildman–Crippen MR) is 147 cm³/mol. The van der Waals surface area contributed by atoms with Gasteiger partial charge in [0.2, 0.25) is 0 Å². The summed E-state index contributed by atoms with van der Waals surface area (Å²) in [5, 5.41) is 6.42. The Morgan fingerprint density at radius 1 is 0.947 bits per heavy atom. The lowest BCUT2D eigenvalue weighted by Crippen LogP contribution is -2.49. The van der Waals surface area contributed by atoms with Crippen molar-refractivity contribution in [2.45, 2.75) is 45.5 Å². The summed E-state index contributed by atoms with van der Waals surface area (Å²) in [5.41, 5.74) is 3.08. The highest BCUT2D eigenvalue weighted by molar-refractivity contribution is 5.74. The molecule has 202 valence electrons. The average molecular weight is 520 g/mol. The molecule has 6 nitrogen and oxygen atoms in total. The van der Waals surface area contributed by atoms with Crippen LogP contribution >= 0.6 is 0 Å². The summed E-state index contributed by atoms with van der Waals surface area (Å²) in [7, 11) is 0. The molecule has 0 bridgehead atoms. The van der Waals surface area contributed by atoms with E-state index in [-0.39, 0.29) is 23.8 Å². The van der Waals surface area contributed by atoms with Crippen molar-refractivity contribution in [3.05, 3.63) is 101 Å². The molecule has 0 saturated carbocycles. The fourth-order valence-corrected chi connectivity index (χ4v) is 4.49. The van der Waals surface area contributed by atoms with Crippen LogP contribution in [0.4, 0.5) is 9.18 Å². The third-order valence-corrected chi connectivity index (χ3v) is 6.69. The number of rotatable bonds is 12. The Balaban J connectivity index is 1.22. The van der Waals surface area contributed by atoms with Gasteiger partial charge in [0, 0.05) is 25.0 Å². The number of carbonyl (C=O) groups is 1. The highest BCUT2D eigenvalue weighted by atomic mass is 19.1. The van der Waals surface area contributed by atoms with Crippen molar-refractivity contribution >= 4 is 6.03 Å². The van der Waals surface area contributed by atoms with Gasteiger partial charge in [0.1, 0.15) is 11.6 Å². The number of piperidine rings is 1. The summed E-state index contributed by atoms with van der Waals surface area (Å²) in [5.74, 6) is 0.785. The number of hydrogen-bond acceptors (Lipinski definition) is 4. The lowest BCUT2D eigenvalue weighted by molar-refractivity contribution is 0.0742. The maximum absolute atomic E-state index is 13.4. The van der Waals surface area contributed by atoms with Crippen molar-refractivity contribution in [1.82, 2.24) is 15.5 Å². The van der Waals surface area contributed by atoms with E-state index in [1.807, 2.05) is 47.4 Å². The average Bonchev–Trinajstić information content (AvgIpc) is 2.96. The Kier molecular flexibility index (Phi) is 10.5. The molecule has 1 unspecified atom stereocenters. The molecule has 2 amide bonds. The number of nitrogens with zero attached hydrogens (tertiary/aromatic N) is 1. The molecule has 0 aliphatic carbocycles. The zero-order valence-corrected chi connectivity index (χ0v) is 22.1. The Hall–Kier alpha value is -3.42. The summed E-state index contributed by atoms with van der Waals surface area (Å²) in [6.45, 7) is 6.56. The van der Waals surface area contributed by atoms with Crippen LogP contribution in [0, 0.1) is 11.7 Å². The molecule has 4 rings (SSSR count). The minimum atomic E-state index is -0.273. The smallest absolute Gasteiger partial charge is 0.318 e. The molecule has 1 fully saturated rings. The summed E-state index contributed by atoms with van der Waals surface area (Å²) in [4.78, 5) is 15.1. The van der Waals surface area contributed by atoms with Crippen molar-refractivity contribution in [3.8, 4) is 5.75 Å². The van der Waals surface area contributed by atoms with Gasteiger partial charge in [-0.1, -0.05) is 61.5 Å². The van der Waals surface area contributed by atoms with Gasteiger partial charge >= 0.3 is 6.03 Å². The van der Waals surface area contributed by atoms with Crippen molar-refractivity contribution in [2.24, 2.45) is 5.92 Å². The van der Waals surface area contributed by atoms with Gasteiger partial charge in [0.25, 0.3) is 0 Å². The van der Waals surface area contributed by atoms with Crippen molar-refractivity contribution in [2.75, 3.05) is 26.3 Å². The lowest BCUT2D eigenvalue weighted by atomic mass is 10.0. The monoisotopic (exact) mass is 519 g/mol. The normalized spacial score (nSPS) is 14.6. The number of amides is 2. The van der Waals surface area contributed by atoms with Crippen LogP contribution in [0.2, 0.25) is 0 Å². The van der Waals surface area contributed by atoms with Gasteiger partial charge in [-0.3, -0.25) is 0 Å². The standard InChI is InChI=1S/C31H38FN3O3/c1-24(21-37-23-27-5-3-2-4-6-27)22-38-30-13-9-25(10-14-30)19-34-31(36)35(29-15-17-33-18-16-29)20-26-7-11-28(32)12-8-26/h2-14,24,29,33H,15-23H2,1H3,(H,34,36). The number of hydrogen-bond donors (Lipinski definition) is 2. The van der Waals surface area contributed by atoms with Crippen LogP contribution in [0.1, 0.15) is 36.5 Å². The van der Waals surface area contributed by atoms with Gasteiger partial charge in [-0.2, -0.15) is 0 Å². The highest BCUT2D eigenvalue weighted by Crippen LogP contribution is 2.18. The zero-order chi connectivity index (χ0) is 26.6. The molecular weight excluding hydrogens is 481 g/mol. The van der Waals surface area contributed by atoms with Crippen LogP contribution in [0.25, 0.3) is 0 Å². The molecular formula is C31H38FN3O3. The second-order valence-corrected chi connectivity index (χ2v) is 9.96. The topological polar surface area (TPSA) is 62.8 Å². The van der Waals surface area contributed by atoms with E-state index in [2.05, 4.69) is 29.7 Å². The molecule has 0 aromatic heterocycles. The summed E-state index contributed by atoms with van der Waals surface area (Å²) >= 11 is 0. The van der Waals surface area contributed by atoms with Gasteiger partial charge in [0.05, 0.1) is 19.8 Å². The van der Waals surface area contributed by atoms with Crippen LogP contribution in [0.5, 0.6) is 5.75 Å². The molecule has 38 heavy (non-hydrogen) atoms. The maximum atomic E-state index is 13.4. The fraction of sp³-hybridized carbons (Fsp3) is 0.387.